The molecule has 3 rings (SSSR count). The monoisotopic (exact) mass is 329 g/mol. The van der Waals surface area contributed by atoms with Crippen molar-refractivity contribution in [3.63, 3.8) is 0 Å². The van der Waals surface area contributed by atoms with Crippen molar-refractivity contribution in [3.05, 3.63) is 64.7 Å². The highest BCUT2D eigenvalue weighted by Crippen LogP contribution is 2.28. The van der Waals surface area contributed by atoms with Crippen molar-refractivity contribution >= 4 is 34.3 Å². The van der Waals surface area contributed by atoms with E-state index in [4.69, 9.17) is 16.3 Å². The Morgan fingerprint density at radius 2 is 2.00 bits per heavy atom. The van der Waals surface area contributed by atoms with Crippen molar-refractivity contribution in [2.24, 2.45) is 0 Å². The summed E-state index contributed by atoms with van der Waals surface area (Å²) in [4.78, 5) is 5.85. The standard InChI is InChI=1S/C18H16ClNOS/c1-21-18-14(8-12-4-3-5-15(19)9-12)10-13-11-16(22-2)6-7-17(13)20-18/h3-7,9-11H,8H2,1-2H3. The third-order valence-corrected chi connectivity index (χ3v) is 4.50. The van der Waals surface area contributed by atoms with Crippen LogP contribution in [0.4, 0.5) is 0 Å². The maximum atomic E-state index is 6.07. The van der Waals surface area contributed by atoms with Gasteiger partial charge in [0.05, 0.1) is 12.6 Å². The lowest BCUT2D eigenvalue weighted by Crippen LogP contribution is -1.97. The summed E-state index contributed by atoms with van der Waals surface area (Å²) < 4.78 is 5.46. The van der Waals surface area contributed by atoms with E-state index in [0.717, 1.165) is 33.5 Å². The Kier molecular flexibility index (Phi) is 4.55. The molecule has 0 aliphatic rings. The first kappa shape index (κ1) is 15.2. The number of methoxy groups -OCH3 is 1. The Bertz CT molecular complexity index is 819. The van der Waals surface area contributed by atoms with E-state index < -0.39 is 0 Å². The molecule has 22 heavy (non-hydrogen) atoms. The summed E-state index contributed by atoms with van der Waals surface area (Å²) >= 11 is 7.80. The molecular formula is C18H16ClNOS. The number of halogens is 1. The van der Waals surface area contributed by atoms with Gasteiger partial charge in [-0.1, -0.05) is 23.7 Å². The van der Waals surface area contributed by atoms with Gasteiger partial charge in [0.15, 0.2) is 0 Å². The lowest BCUT2D eigenvalue weighted by Gasteiger charge is -2.10. The molecule has 1 aromatic heterocycles. The van der Waals surface area contributed by atoms with Crippen LogP contribution in [0.2, 0.25) is 5.02 Å². The van der Waals surface area contributed by atoms with Gasteiger partial charge in [0, 0.05) is 27.3 Å². The lowest BCUT2D eigenvalue weighted by molar-refractivity contribution is 0.395. The molecule has 112 valence electrons. The minimum atomic E-state index is 0.671. The Morgan fingerprint density at radius 3 is 2.73 bits per heavy atom. The molecule has 0 unspecified atom stereocenters. The van der Waals surface area contributed by atoms with Gasteiger partial charge in [0.2, 0.25) is 5.88 Å². The second-order valence-electron chi connectivity index (χ2n) is 5.02. The van der Waals surface area contributed by atoms with Crippen LogP contribution in [0.25, 0.3) is 10.9 Å². The molecule has 0 radical (unpaired) electrons. The largest absolute Gasteiger partial charge is 0.481 e. The predicted molar refractivity (Wildman–Crippen MR) is 94.3 cm³/mol. The molecule has 0 aliphatic heterocycles. The maximum Gasteiger partial charge on any atom is 0.217 e. The molecule has 0 saturated heterocycles. The van der Waals surface area contributed by atoms with Crippen LogP contribution in [0.3, 0.4) is 0 Å². The van der Waals surface area contributed by atoms with Crippen LogP contribution in [-0.4, -0.2) is 18.3 Å². The molecule has 0 amide bonds. The summed E-state index contributed by atoms with van der Waals surface area (Å²) in [5, 5.41) is 1.87. The van der Waals surface area contributed by atoms with Gasteiger partial charge >= 0.3 is 0 Å². The predicted octanol–water partition coefficient (Wildman–Crippen LogP) is 5.21. The van der Waals surface area contributed by atoms with Crippen molar-refractivity contribution in [2.45, 2.75) is 11.3 Å². The van der Waals surface area contributed by atoms with Crippen LogP contribution in [0, 0.1) is 0 Å². The molecule has 4 heteroatoms. The maximum absolute atomic E-state index is 6.07. The first-order valence-corrected chi connectivity index (χ1v) is 8.56. The van der Waals surface area contributed by atoms with E-state index >= 15 is 0 Å². The van der Waals surface area contributed by atoms with Gasteiger partial charge in [-0.05, 0) is 48.2 Å². The number of nitrogens with zero attached hydrogens (tertiary/aromatic N) is 1. The quantitative estimate of drug-likeness (QED) is 0.613. The summed E-state index contributed by atoms with van der Waals surface area (Å²) in [6, 6.07) is 16.3. The molecule has 0 fully saturated rings. The molecule has 2 nitrogen and oxygen atoms in total. The van der Waals surface area contributed by atoms with Crippen molar-refractivity contribution in [2.75, 3.05) is 13.4 Å². The SMILES string of the molecule is COc1nc2ccc(SC)cc2cc1Cc1cccc(Cl)c1. The fourth-order valence-corrected chi connectivity index (χ4v) is 3.14. The number of fused-ring (bicyclic) bond motifs is 1. The van der Waals surface area contributed by atoms with Gasteiger partial charge in [-0.15, -0.1) is 11.8 Å². The number of benzene rings is 2. The summed E-state index contributed by atoms with van der Waals surface area (Å²) in [5.41, 5.74) is 3.16. The number of hydrogen-bond acceptors (Lipinski definition) is 3. The molecule has 0 bridgehead atoms. The smallest absolute Gasteiger partial charge is 0.217 e. The molecule has 0 N–H and O–H groups in total. The minimum Gasteiger partial charge on any atom is -0.481 e. The van der Waals surface area contributed by atoms with Crippen LogP contribution < -0.4 is 4.74 Å². The van der Waals surface area contributed by atoms with Crippen LogP contribution in [0.15, 0.2) is 53.4 Å². The average molecular weight is 330 g/mol. The molecule has 3 aromatic rings. The fraction of sp³-hybridized carbons (Fsp3) is 0.167. The zero-order valence-corrected chi connectivity index (χ0v) is 14.0. The van der Waals surface area contributed by atoms with Crippen LogP contribution in [0.5, 0.6) is 5.88 Å². The van der Waals surface area contributed by atoms with Gasteiger partial charge < -0.3 is 4.74 Å². The Morgan fingerprint density at radius 1 is 1.14 bits per heavy atom. The van der Waals surface area contributed by atoms with E-state index in [9.17, 15) is 0 Å². The normalized spacial score (nSPS) is 10.9. The van der Waals surface area contributed by atoms with Gasteiger partial charge in [0.25, 0.3) is 0 Å². The zero-order valence-electron chi connectivity index (χ0n) is 12.5. The lowest BCUT2D eigenvalue weighted by atomic mass is 10.0. The molecule has 2 aromatic carbocycles. The minimum absolute atomic E-state index is 0.671. The van der Waals surface area contributed by atoms with Crippen molar-refractivity contribution in [1.82, 2.24) is 4.98 Å². The molecule has 0 saturated carbocycles. The summed E-state index contributed by atoms with van der Waals surface area (Å²) in [6.07, 6.45) is 2.82. The molecule has 0 spiro atoms. The third-order valence-electron chi connectivity index (χ3n) is 3.54. The Labute approximate surface area is 139 Å². The highest BCUT2D eigenvalue weighted by Gasteiger charge is 2.09. The van der Waals surface area contributed by atoms with E-state index in [0.29, 0.717) is 5.88 Å². The fourth-order valence-electron chi connectivity index (χ4n) is 2.48. The third kappa shape index (κ3) is 3.21. The number of ether oxygens (including phenoxy) is 1. The van der Waals surface area contributed by atoms with E-state index in [2.05, 4.69) is 35.5 Å². The van der Waals surface area contributed by atoms with E-state index in [1.165, 1.54) is 4.90 Å². The first-order chi connectivity index (χ1) is 10.7. The van der Waals surface area contributed by atoms with Crippen LogP contribution in [0.1, 0.15) is 11.1 Å². The number of rotatable bonds is 4. The highest BCUT2D eigenvalue weighted by molar-refractivity contribution is 7.98. The van der Waals surface area contributed by atoms with E-state index in [1.54, 1.807) is 18.9 Å². The van der Waals surface area contributed by atoms with Crippen molar-refractivity contribution in [3.8, 4) is 5.88 Å². The van der Waals surface area contributed by atoms with Crippen LogP contribution >= 0.6 is 23.4 Å². The van der Waals surface area contributed by atoms with E-state index in [-0.39, 0.29) is 0 Å². The molecule has 0 atom stereocenters. The number of hydrogen-bond donors (Lipinski definition) is 0. The Balaban J connectivity index is 2.06. The topological polar surface area (TPSA) is 22.1 Å². The highest BCUT2D eigenvalue weighted by atomic mass is 35.5. The average Bonchev–Trinajstić information content (AvgIpc) is 2.53. The molecule has 1 heterocycles. The molecular weight excluding hydrogens is 314 g/mol. The second kappa shape index (κ2) is 6.59. The van der Waals surface area contributed by atoms with Gasteiger partial charge in [-0.2, -0.15) is 0 Å². The zero-order chi connectivity index (χ0) is 15.5. The summed E-state index contributed by atoms with van der Waals surface area (Å²) in [5.74, 6) is 0.671. The van der Waals surface area contributed by atoms with Gasteiger partial charge in [0.1, 0.15) is 0 Å². The first-order valence-electron chi connectivity index (χ1n) is 6.95. The van der Waals surface area contributed by atoms with Crippen LogP contribution in [-0.2, 0) is 6.42 Å². The summed E-state index contributed by atoms with van der Waals surface area (Å²) in [7, 11) is 1.66. The van der Waals surface area contributed by atoms with Crippen molar-refractivity contribution < 1.29 is 4.74 Å². The summed E-state index contributed by atoms with van der Waals surface area (Å²) in [6.45, 7) is 0. The number of thioether (sulfide) groups is 1. The second-order valence-corrected chi connectivity index (χ2v) is 6.34. The van der Waals surface area contributed by atoms with Gasteiger partial charge in [-0.25, -0.2) is 4.98 Å². The number of aromatic nitrogens is 1. The van der Waals surface area contributed by atoms with Crippen molar-refractivity contribution in [1.29, 1.82) is 0 Å². The van der Waals surface area contributed by atoms with Gasteiger partial charge in [-0.3, -0.25) is 0 Å². The van der Waals surface area contributed by atoms with E-state index in [1.807, 2.05) is 24.3 Å². The molecule has 0 aliphatic carbocycles. The Hall–Kier alpha value is -1.71. The number of pyridine rings is 1.